The average Bonchev–Trinajstić information content (AvgIpc) is 2.87. The monoisotopic (exact) mass is 259 g/mol. The maximum Gasteiger partial charge on any atom is 0.253 e. The van der Waals surface area contributed by atoms with Crippen molar-refractivity contribution in [2.24, 2.45) is 0 Å². The van der Waals surface area contributed by atoms with Gasteiger partial charge in [-0.2, -0.15) is 0 Å². The molecule has 3 N–H and O–H groups in total. The summed E-state index contributed by atoms with van der Waals surface area (Å²) in [4.78, 5) is 16.1. The summed E-state index contributed by atoms with van der Waals surface area (Å²) in [5.74, 6) is 1.08. The summed E-state index contributed by atoms with van der Waals surface area (Å²) in [5.41, 5.74) is 7.71. The summed E-state index contributed by atoms with van der Waals surface area (Å²) in [7, 11) is 0. The molecule has 1 aromatic carbocycles. The fourth-order valence-corrected chi connectivity index (χ4v) is 1.71. The van der Waals surface area contributed by atoms with Gasteiger partial charge in [0.25, 0.3) is 5.91 Å². The minimum Gasteiger partial charge on any atom is -0.444 e. The maximum absolute atomic E-state index is 12.0. The minimum absolute atomic E-state index is 0.225. The number of anilines is 1. The van der Waals surface area contributed by atoms with Gasteiger partial charge in [-0.3, -0.25) is 4.79 Å². The number of aryl methyl sites for hydroxylation is 2. The van der Waals surface area contributed by atoms with Gasteiger partial charge in [0, 0.05) is 12.1 Å². The zero-order valence-corrected chi connectivity index (χ0v) is 11.1. The van der Waals surface area contributed by atoms with E-state index in [9.17, 15) is 4.79 Å². The topological polar surface area (TPSA) is 81.2 Å². The van der Waals surface area contributed by atoms with Gasteiger partial charge in [-0.1, -0.05) is 18.6 Å². The van der Waals surface area contributed by atoms with Crippen LogP contribution in [0.15, 0.2) is 28.8 Å². The van der Waals surface area contributed by atoms with Crippen molar-refractivity contribution >= 4 is 11.6 Å². The Kier molecular flexibility index (Phi) is 3.85. The maximum atomic E-state index is 12.0. The van der Waals surface area contributed by atoms with Crippen molar-refractivity contribution in [3.8, 4) is 0 Å². The SMILES string of the molecule is CCc1cnc(CNC(=O)c2cc(C)ccc2N)o1. The Bertz CT molecular complexity index is 590. The van der Waals surface area contributed by atoms with Crippen molar-refractivity contribution in [3.63, 3.8) is 0 Å². The highest BCUT2D eigenvalue weighted by molar-refractivity contribution is 5.99. The Labute approximate surface area is 111 Å². The minimum atomic E-state index is -0.225. The van der Waals surface area contributed by atoms with E-state index in [1.807, 2.05) is 19.9 Å². The van der Waals surface area contributed by atoms with Gasteiger partial charge in [-0.25, -0.2) is 4.98 Å². The standard InChI is InChI=1S/C14H17N3O2/c1-3-10-7-16-13(19-10)8-17-14(18)11-6-9(2)4-5-12(11)15/h4-7H,3,8,15H2,1-2H3,(H,17,18). The van der Waals surface area contributed by atoms with Crippen LogP contribution in [0.3, 0.4) is 0 Å². The van der Waals surface area contributed by atoms with Gasteiger partial charge in [-0.05, 0) is 19.1 Å². The smallest absolute Gasteiger partial charge is 0.253 e. The normalized spacial score (nSPS) is 10.4. The molecule has 0 atom stereocenters. The molecular formula is C14H17N3O2. The summed E-state index contributed by atoms with van der Waals surface area (Å²) in [5, 5.41) is 2.75. The van der Waals surface area contributed by atoms with Crippen LogP contribution in [0.5, 0.6) is 0 Å². The number of amides is 1. The average molecular weight is 259 g/mol. The molecule has 0 aliphatic carbocycles. The summed E-state index contributed by atoms with van der Waals surface area (Å²) < 4.78 is 5.42. The van der Waals surface area contributed by atoms with Gasteiger partial charge in [0.1, 0.15) is 5.76 Å². The number of aromatic nitrogens is 1. The van der Waals surface area contributed by atoms with Crippen LogP contribution < -0.4 is 11.1 Å². The van der Waals surface area contributed by atoms with E-state index >= 15 is 0 Å². The van der Waals surface area contributed by atoms with Gasteiger partial charge in [0.05, 0.1) is 18.3 Å². The molecule has 0 spiro atoms. The number of hydrogen-bond donors (Lipinski definition) is 2. The molecule has 0 fully saturated rings. The van der Waals surface area contributed by atoms with E-state index in [-0.39, 0.29) is 12.5 Å². The van der Waals surface area contributed by atoms with Gasteiger partial charge < -0.3 is 15.5 Å². The molecule has 2 rings (SSSR count). The highest BCUT2D eigenvalue weighted by atomic mass is 16.4. The first kappa shape index (κ1) is 13.1. The van der Waals surface area contributed by atoms with Crippen LogP contribution in [-0.2, 0) is 13.0 Å². The molecule has 100 valence electrons. The lowest BCUT2D eigenvalue weighted by atomic mass is 10.1. The van der Waals surface area contributed by atoms with E-state index in [0.29, 0.717) is 17.1 Å². The first-order valence-corrected chi connectivity index (χ1v) is 6.18. The largest absolute Gasteiger partial charge is 0.444 e. The first-order chi connectivity index (χ1) is 9.10. The van der Waals surface area contributed by atoms with Crippen LogP contribution in [0.2, 0.25) is 0 Å². The molecule has 0 aliphatic heterocycles. The number of rotatable bonds is 4. The van der Waals surface area contributed by atoms with Crippen molar-refractivity contribution in [3.05, 3.63) is 47.2 Å². The fraction of sp³-hybridized carbons (Fsp3) is 0.286. The quantitative estimate of drug-likeness (QED) is 0.823. The number of nitrogen functional groups attached to an aromatic ring is 1. The third-order valence-electron chi connectivity index (χ3n) is 2.80. The number of hydrogen-bond acceptors (Lipinski definition) is 4. The molecule has 0 aliphatic rings. The van der Waals surface area contributed by atoms with Crippen molar-refractivity contribution in [2.45, 2.75) is 26.8 Å². The molecule has 19 heavy (non-hydrogen) atoms. The third-order valence-corrected chi connectivity index (χ3v) is 2.80. The van der Waals surface area contributed by atoms with E-state index in [2.05, 4.69) is 10.3 Å². The number of carbonyl (C=O) groups is 1. The van der Waals surface area contributed by atoms with Crippen LogP contribution in [0.25, 0.3) is 0 Å². The number of nitrogens with one attached hydrogen (secondary N) is 1. The van der Waals surface area contributed by atoms with E-state index in [4.69, 9.17) is 10.2 Å². The Balaban J connectivity index is 2.03. The predicted octanol–water partition coefficient (Wildman–Crippen LogP) is 2.06. The first-order valence-electron chi connectivity index (χ1n) is 6.18. The molecule has 5 heteroatoms. The highest BCUT2D eigenvalue weighted by Crippen LogP contribution is 2.13. The van der Waals surface area contributed by atoms with Crippen molar-refractivity contribution < 1.29 is 9.21 Å². The Morgan fingerprint density at radius 1 is 1.47 bits per heavy atom. The van der Waals surface area contributed by atoms with E-state index < -0.39 is 0 Å². The van der Waals surface area contributed by atoms with E-state index in [1.54, 1.807) is 18.3 Å². The molecule has 1 heterocycles. The van der Waals surface area contributed by atoms with Crippen LogP contribution in [0.1, 0.15) is 34.5 Å². The lowest BCUT2D eigenvalue weighted by Gasteiger charge is -2.06. The second kappa shape index (κ2) is 5.56. The fourth-order valence-electron chi connectivity index (χ4n) is 1.71. The molecule has 5 nitrogen and oxygen atoms in total. The number of oxazole rings is 1. The van der Waals surface area contributed by atoms with E-state index in [0.717, 1.165) is 17.7 Å². The Hall–Kier alpha value is -2.30. The Morgan fingerprint density at radius 3 is 2.95 bits per heavy atom. The molecule has 0 radical (unpaired) electrons. The summed E-state index contributed by atoms with van der Waals surface area (Å²) in [6, 6.07) is 5.36. The molecular weight excluding hydrogens is 242 g/mol. The Morgan fingerprint density at radius 2 is 2.26 bits per heavy atom. The van der Waals surface area contributed by atoms with Gasteiger partial charge in [-0.15, -0.1) is 0 Å². The van der Waals surface area contributed by atoms with Crippen molar-refractivity contribution in [1.29, 1.82) is 0 Å². The number of benzene rings is 1. The lowest BCUT2D eigenvalue weighted by molar-refractivity contribution is 0.0948. The van der Waals surface area contributed by atoms with Gasteiger partial charge >= 0.3 is 0 Å². The van der Waals surface area contributed by atoms with Crippen LogP contribution in [0.4, 0.5) is 5.69 Å². The zero-order valence-electron chi connectivity index (χ0n) is 11.1. The zero-order chi connectivity index (χ0) is 13.8. The predicted molar refractivity (Wildman–Crippen MR) is 72.6 cm³/mol. The third kappa shape index (κ3) is 3.13. The summed E-state index contributed by atoms with van der Waals surface area (Å²) in [6.45, 7) is 4.15. The number of nitrogens with zero attached hydrogens (tertiary/aromatic N) is 1. The lowest BCUT2D eigenvalue weighted by Crippen LogP contribution is -2.24. The molecule has 0 saturated carbocycles. The number of nitrogens with two attached hydrogens (primary N) is 1. The molecule has 0 saturated heterocycles. The summed E-state index contributed by atoms with van der Waals surface area (Å²) >= 11 is 0. The second-order valence-electron chi connectivity index (χ2n) is 4.35. The second-order valence-corrected chi connectivity index (χ2v) is 4.35. The molecule has 1 aromatic heterocycles. The summed E-state index contributed by atoms with van der Waals surface area (Å²) in [6.07, 6.45) is 2.45. The van der Waals surface area contributed by atoms with Gasteiger partial charge in [0.2, 0.25) is 5.89 Å². The molecule has 0 bridgehead atoms. The molecule has 1 amide bonds. The highest BCUT2D eigenvalue weighted by Gasteiger charge is 2.11. The van der Waals surface area contributed by atoms with Crippen molar-refractivity contribution in [2.75, 3.05) is 5.73 Å². The van der Waals surface area contributed by atoms with Crippen LogP contribution >= 0.6 is 0 Å². The van der Waals surface area contributed by atoms with Crippen LogP contribution in [-0.4, -0.2) is 10.9 Å². The van der Waals surface area contributed by atoms with E-state index in [1.165, 1.54) is 0 Å². The van der Waals surface area contributed by atoms with Crippen LogP contribution in [0, 0.1) is 6.92 Å². The molecule has 0 unspecified atom stereocenters. The van der Waals surface area contributed by atoms with Gasteiger partial charge in [0.15, 0.2) is 0 Å². The number of carbonyl (C=O) groups excluding carboxylic acids is 1. The van der Waals surface area contributed by atoms with Crippen molar-refractivity contribution in [1.82, 2.24) is 10.3 Å². The molecule has 2 aromatic rings.